The molecule has 3 heterocycles. The number of rotatable bonds is 7. The third-order valence-corrected chi connectivity index (χ3v) is 7.47. The van der Waals surface area contributed by atoms with Gasteiger partial charge in [-0.2, -0.15) is 0 Å². The summed E-state index contributed by atoms with van der Waals surface area (Å²) in [5.74, 6) is 2.69. The van der Waals surface area contributed by atoms with Crippen molar-refractivity contribution in [1.29, 1.82) is 0 Å². The summed E-state index contributed by atoms with van der Waals surface area (Å²) in [7, 11) is 0. The molecule has 0 saturated carbocycles. The molecule has 0 unspecified atom stereocenters. The Hall–Kier alpha value is -3.51. The van der Waals surface area contributed by atoms with Crippen molar-refractivity contribution in [1.82, 2.24) is 4.90 Å². The molecule has 0 aliphatic carbocycles. The largest absolute Gasteiger partial charge is 0.508 e. The van der Waals surface area contributed by atoms with Crippen molar-refractivity contribution in [3.8, 4) is 23.0 Å². The first-order valence-electron chi connectivity index (χ1n) is 13.2. The first-order chi connectivity index (χ1) is 18.2. The molecular formula is C31H32FNO4. The van der Waals surface area contributed by atoms with Crippen molar-refractivity contribution in [3.63, 3.8) is 0 Å². The molecule has 3 aromatic rings. The Labute approximate surface area is 217 Å². The number of phenolic OH excluding ortho intramolecular Hbond substituents is 1. The molecule has 0 radical (unpaired) electrons. The number of likely N-dealkylation sites (tertiary alicyclic amines) is 1. The molecule has 1 saturated heterocycles. The fraction of sp³-hybridized carbons (Fsp3) is 0.355. The Morgan fingerprint density at radius 1 is 0.919 bits per heavy atom. The Morgan fingerprint density at radius 3 is 2.59 bits per heavy atom. The SMILES string of the molecule is Oc1ccc2c(c1)OCCC(c1ccc3c(c1)CCO3)=C2c1ccc(O[C@H]2CCN(CCCF)C2)cc1. The van der Waals surface area contributed by atoms with Crippen molar-refractivity contribution in [2.45, 2.75) is 31.8 Å². The van der Waals surface area contributed by atoms with Crippen LogP contribution in [0.15, 0.2) is 60.7 Å². The van der Waals surface area contributed by atoms with E-state index in [-0.39, 0.29) is 18.5 Å². The number of hydrogen-bond acceptors (Lipinski definition) is 5. The molecule has 0 spiro atoms. The summed E-state index contributed by atoms with van der Waals surface area (Å²) >= 11 is 0. The summed E-state index contributed by atoms with van der Waals surface area (Å²) in [5, 5.41) is 10.1. The van der Waals surface area contributed by atoms with E-state index in [2.05, 4.69) is 35.2 Å². The highest BCUT2D eigenvalue weighted by Gasteiger charge is 2.25. The van der Waals surface area contributed by atoms with Crippen LogP contribution >= 0.6 is 0 Å². The predicted molar refractivity (Wildman–Crippen MR) is 142 cm³/mol. The zero-order chi connectivity index (χ0) is 25.2. The predicted octanol–water partition coefficient (Wildman–Crippen LogP) is 5.88. The smallest absolute Gasteiger partial charge is 0.130 e. The van der Waals surface area contributed by atoms with Gasteiger partial charge in [-0.15, -0.1) is 0 Å². The molecule has 3 aliphatic heterocycles. The van der Waals surface area contributed by atoms with Crippen LogP contribution in [0.2, 0.25) is 0 Å². The van der Waals surface area contributed by atoms with Crippen LogP contribution in [0.1, 0.15) is 41.5 Å². The van der Waals surface area contributed by atoms with E-state index in [0.717, 1.165) is 73.7 Å². The number of halogens is 1. The zero-order valence-corrected chi connectivity index (χ0v) is 20.9. The van der Waals surface area contributed by atoms with Gasteiger partial charge in [0.05, 0.1) is 19.9 Å². The molecule has 1 atom stereocenters. The van der Waals surface area contributed by atoms with Crippen LogP contribution < -0.4 is 14.2 Å². The Morgan fingerprint density at radius 2 is 1.73 bits per heavy atom. The maximum atomic E-state index is 12.5. The molecule has 192 valence electrons. The molecule has 6 rings (SSSR count). The average molecular weight is 502 g/mol. The van der Waals surface area contributed by atoms with Crippen LogP contribution in [0, 0.1) is 0 Å². The first-order valence-corrected chi connectivity index (χ1v) is 13.2. The van der Waals surface area contributed by atoms with Crippen molar-refractivity contribution in [2.75, 3.05) is 39.5 Å². The maximum absolute atomic E-state index is 12.5. The van der Waals surface area contributed by atoms with Crippen LogP contribution in [-0.2, 0) is 6.42 Å². The Kier molecular flexibility index (Phi) is 6.75. The van der Waals surface area contributed by atoms with Gasteiger partial charge in [-0.1, -0.05) is 18.2 Å². The van der Waals surface area contributed by atoms with Crippen molar-refractivity contribution in [3.05, 3.63) is 82.9 Å². The van der Waals surface area contributed by atoms with Crippen molar-refractivity contribution < 1.29 is 23.7 Å². The number of nitrogens with zero attached hydrogens (tertiary/aromatic N) is 1. The molecule has 1 fully saturated rings. The van der Waals surface area contributed by atoms with Gasteiger partial charge in [0.1, 0.15) is 29.1 Å². The highest BCUT2D eigenvalue weighted by molar-refractivity contribution is 6.00. The van der Waals surface area contributed by atoms with E-state index in [0.29, 0.717) is 18.8 Å². The summed E-state index contributed by atoms with van der Waals surface area (Å²) in [6.45, 7) is 3.57. The lowest BCUT2D eigenvalue weighted by atomic mass is 9.87. The molecule has 37 heavy (non-hydrogen) atoms. The summed E-state index contributed by atoms with van der Waals surface area (Å²) in [6, 6.07) is 20.1. The molecule has 5 nitrogen and oxygen atoms in total. The minimum absolute atomic E-state index is 0.129. The average Bonchev–Trinajstić information content (AvgIpc) is 3.53. The molecule has 0 amide bonds. The third-order valence-electron chi connectivity index (χ3n) is 7.47. The maximum Gasteiger partial charge on any atom is 0.130 e. The van der Waals surface area contributed by atoms with Crippen LogP contribution in [0.25, 0.3) is 11.1 Å². The van der Waals surface area contributed by atoms with Crippen LogP contribution in [-0.4, -0.2) is 55.6 Å². The number of ether oxygens (including phenoxy) is 3. The monoisotopic (exact) mass is 501 g/mol. The quantitative estimate of drug-likeness (QED) is 0.438. The fourth-order valence-corrected chi connectivity index (χ4v) is 5.65. The lowest BCUT2D eigenvalue weighted by Gasteiger charge is -2.18. The highest BCUT2D eigenvalue weighted by atomic mass is 19.1. The molecule has 1 N–H and O–H groups in total. The fourth-order valence-electron chi connectivity index (χ4n) is 5.65. The molecular weight excluding hydrogens is 469 g/mol. The third kappa shape index (κ3) is 5.03. The van der Waals surface area contributed by atoms with Gasteiger partial charge in [-0.05, 0) is 77.1 Å². The van der Waals surface area contributed by atoms with Gasteiger partial charge < -0.3 is 19.3 Å². The number of hydrogen-bond donors (Lipinski definition) is 1. The lowest BCUT2D eigenvalue weighted by Crippen LogP contribution is -2.26. The van der Waals surface area contributed by atoms with E-state index in [1.807, 2.05) is 18.2 Å². The van der Waals surface area contributed by atoms with Crippen LogP contribution in [0.3, 0.4) is 0 Å². The number of phenols is 1. The van der Waals surface area contributed by atoms with Gasteiger partial charge in [-0.3, -0.25) is 9.29 Å². The summed E-state index contributed by atoms with van der Waals surface area (Å²) in [5.41, 5.74) is 6.77. The van der Waals surface area contributed by atoms with Gasteiger partial charge >= 0.3 is 0 Å². The molecule has 3 aliphatic rings. The number of aromatic hydroxyl groups is 1. The number of benzene rings is 3. The van der Waals surface area contributed by atoms with E-state index in [1.54, 1.807) is 12.1 Å². The van der Waals surface area contributed by atoms with Gasteiger partial charge in [-0.25, -0.2) is 0 Å². The van der Waals surface area contributed by atoms with Gasteiger partial charge in [0, 0.05) is 44.1 Å². The van der Waals surface area contributed by atoms with E-state index >= 15 is 0 Å². The summed E-state index contributed by atoms with van der Waals surface area (Å²) in [6.07, 6.45) is 3.34. The van der Waals surface area contributed by atoms with Gasteiger partial charge in [0.25, 0.3) is 0 Å². The van der Waals surface area contributed by atoms with Crippen molar-refractivity contribution >= 4 is 11.1 Å². The van der Waals surface area contributed by atoms with Crippen LogP contribution in [0.4, 0.5) is 4.39 Å². The van der Waals surface area contributed by atoms with E-state index < -0.39 is 0 Å². The topological polar surface area (TPSA) is 51.2 Å². The molecule has 6 heteroatoms. The summed E-state index contributed by atoms with van der Waals surface area (Å²) in [4.78, 5) is 2.27. The normalized spacial score (nSPS) is 19.1. The second-order valence-electron chi connectivity index (χ2n) is 9.95. The number of fused-ring (bicyclic) bond motifs is 2. The second-order valence-corrected chi connectivity index (χ2v) is 9.95. The molecule has 0 bridgehead atoms. The highest BCUT2D eigenvalue weighted by Crippen LogP contribution is 2.43. The van der Waals surface area contributed by atoms with E-state index in [1.165, 1.54) is 16.7 Å². The standard InChI is InChI=1S/C31H32FNO4/c32-13-1-14-33-15-10-26(20-33)37-25-6-2-21(3-7-25)31-27(22-4-9-29-23(18-22)11-16-35-29)12-17-36-30-19-24(34)5-8-28(30)31/h2-9,18-19,26,34H,1,10-17,20H2/t26-/m0/s1. The van der Waals surface area contributed by atoms with Gasteiger partial charge in [0.15, 0.2) is 0 Å². The zero-order valence-electron chi connectivity index (χ0n) is 20.9. The van der Waals surface area contributed by atoms with E-state index in [9.17, 15) is 9.50 Å². The number of alkyl halides is 1. The first kappa shape index (κ1) is 23.9. The molecule has 0 aromatic heterocycles. The van der Waals surface area contributed by atoms with Crippen LogP contribution in [0.5, 0.6) is 23.0 Å². The summed E-state index contributed by atoms with van der Waals surface area (Å²) < 4.78 is 30.6. The Balaban J connectivity index is 1.33. The minimum atomic E-state index is -0.269. The lowest BCUT2D eigenvalue weighted by molar-refractivity contribution is 0.198. The van der Waals surface area contributed by atoms with E-state index in [4.69, 9.17) is 14.2 Å². The minimum Gasteiger partial charge on any atom is -0.508 e. The van der Waals surface area contributed by atoms with Gasteiger partial charge in [0.2, 0.25) is 0 Å². The molecule has 3 aromatic carbocycles. The van der Waals surface area contributed by atoms with Crippen molar-refractivity contribution in [2.24, 2.45) is 0 Å². The Bertz CT molecular complexity index is 1300. The second kappa shape index (κ2) is 10.5.